The third-order valence-electron chi connectivity index (χ3n) is 5.03. The first-order valence-corrected chi connectivity index (χ1v) is 10.7. The molecule has 0 aliphatic carbocycles. The summed E-state index contributed by atoms with van der Waals surface area (Å²) < 4.78 is 1.64. The number of carboxylic acids is 2. The van der Waals surface area contributed by atoms with Crippen molar-refractivity contribution in [2.45, 2.75) is 0 Å². The molecular weight excluding hydrogens is 460 g/mol. The lowest BCUT2D eigenvalue weighted by Gasteiger charge is -2.03. The Labute approximate surface area is 206 Å². The van der Waals surface area contributed by atoms with Crippen molar-refractivity contribution in [1.29, 1.82) is 0 Å². The molecule has 8 heteroatoms. The summed E-state index contributed by atoms with van der Waals surface area (Å²) in [7, 11) is 0. The molecule has 0 unspecified atom stereocenters. The number of fused-ring (bicyclic) bond motifs is 2. The predicted molar refractivity (Wildman–Crippen MR) is 135 cm³/mol. The molecule has 8 nitrogen and oxygen atoms in total. The number of nitrogens with zero attached hydrogens (tertiary/aromatic N) is 1. The summed E-state index contributed by atoms with van der Waals surface area (Å²) in [6, 6.07) is 30.5. The highest BCUT2D eigenvalue weighted by Gasteiger charge is 2.14. The van der Waals surface area contributed by atoms with Gasteiger partial charge in [-0.25, -0.2) is 9.59 Å². The zero-order valence-electron chi connectivity index (χ0n) is 18.9. The number of carbonyl (C=O) groups excluding carboxylic acids is 2. The number of nitrogens with two attached hydrogens (primary N) is 1. The minimum atomic E-state index is -0.879. The summed E-state index contributed by atoms with van der Waals surface area (Å²) in [5, 5.41) is 16.8. The van der Waals surface area contributed by atoms with E-state index in [2.05, 4.69) is 0 Å². The van der Waals surface area contributed by atoms with Gasteiger partial charge in [0.15, 0.2) is 0 Å². The van der Waals surface area contributed by atoms with E-state index in [9.17, 15) is 19.2 Å². The number of primary amides is 1. The maximum absolute atomic E-state index is 12.3. The minimum absolute atomic E-state index is 0.106. The maximum atomic E-state index is 12.3. The molecule has 0 aliphatic heterocycles. The van der Waals surface area contributed by atoms with Gasteiger partial charge in [-0.2, -0.15) is 0 Å². The van der Waals surface area contributed by atoms with Gasteiger partial charge in [-0.1, -0.05) is 36.4 Å². The number of benzene rings is 4. The molecule has 2 heterocycles. The second-order valence-electron chi connectivity index (χ2n) is 7.44. The molecule has 180 valence electrons. The van der Waals surface area contributed by atoms with E-state index >= 15 is 0 Å². The summed E-state index contributed by atoms with van der Waals surface area (Å²) in [6.45, 7) is 0. The van der Waals surface area contributed by atoms with Crippen molar-refractivity contribution in [2.24, 2.45) is 5.73 Å². The van der Waals surface area contributed by atoms with Gasteiger partial charge >= 0.3 is 11.9 Å². The molecule has 5 aromatic rings. The molecule has 36 heavy (non-hydrogen) atoms. The Balaban J connectivity index is 0.000000169. The van der Waals surface area contributed by atoms with Crippen LogP contribution >= 0.6 is 0 Å². The molecule has 2 aromatic heterocycles. The first-order chi connectivity index (χ1) is 17.3. The van der Waals surface area contributed by atoms with E-state index in [4.69, 9.17) is 15.9 Å². The molecule has 0 saturated carbocycles. The third kappa shape index (κ3) is 6.42. The SMILES string of the molecule is NC(=O)c1ccc(C(=O)n2c3ccc2cc3)cc1.O=C(O)c1ccccc1.O=C(O)c1ccccc1. The lowest BCUT2D eigenvalue weighted by atomic mass is 10.1. The molecular formula is C28H22N2O6. The van der Waals surface area contributed by atoms with Crippen molar-refractivity contribution < 1.29 is 29.4 Å². The number of aromatic nitrogens is 1. The molecule has 0 fully saturated rings. The van der Waals surface area contributed by atoms with Crippen molar-refractivity contribution in [2.75, 3.05) is 0 Å². The summed E-state index contributed by atoms with van der Waals surface area (Å²) in [5.74, 6) is -2.36. The first-order valence-electron chi connectivity index (χ1n) is 10.7. The second-order valence-corrected chi connectivity index (χ2v) is 7.44. The summed E-state index contributed by atoms with van der Waals surface area (Å²) in [4.78, 5) is 43.6. The Morgan fingerprint density at radius 2 is 0.861 bits per heavy atom. The van der Waals surface area contributed by atoms with Gasteiger partial charge in [-0.3, -0.25) is 14.2 Å². The van der Waals surface area contributed by atoms with Crippen LogP contribution in [0.4, 0.5) is 0 Å². The number of rotatable bonds is 4. The fraction of sp³-hybridized carbons (Fsp3) is 0. The molecule has 0 atom stereocenters. The van der Waals surface area contributed by atoms with Crippen LogP contribution in [-0.2, 0) is 0 Å². The van der Waals surface area contributed by atoms with Gasteiger partial charge in [0.25, 0.3) is 5.91 Å². The molecule has 2 bridgehead atoms. The molecule has 0 radical (unpaired) electrons. The van der Waals surface area contributed by atoms with Crippen LogP contribution in [0, 0.1) is 0 Å². The number of aromatic carboxylic acids is 2. The van der Waals surface area contributed by atoms with Crippen molar-refractivity contribution in [3.63, 3.8) is 0 Å². The lowest BCUT2D eigenvalue weighted by Crippen LogP contribution is -2.13. The van der Waals surface area contributed by atoms with Crippen LogP contribution in [0.2, 0.25) is 0 Å². The minimum Gasteiger partial charge on any atom is -0.478 e. The summed E-state index contributed by atoms with van der Waals surface area (Å²) in [6.07, 6.45) is 0. The number of carboxylic acid groups (broad SMARTS) is 2. The van der Waals surface area contributed by atoms with Gasteiger partial charge in [0.05, 0.1) is 11.1 Å². The first kappa shape index (κ1) is 25.4. The van der Waals surface area contributed by atoms with Crippen molar-refractivity contribution in [3.8, 4) is 0 Å². The van der Waals surface area contributed by atoms with E-state index < -0.39 is 17.8 Å². The monoisotopic (exact) mass is 482 g/mol. The highest BCUT2D eigenvalue weighted by Crippen LogP contribution is 2.19. The number of hydrogen-bond donors (Lipinski definition) is 3. The smallest absolute Gasteiger partial charge is 0.335 e. The Hall–Kier alpha value is -5.24. The van der Waals surface area contributed by atoms with Crippen molar-refractivity contribution in [1.82, 2.24) is 4.57 Å². The third-order valence-corrected chi connectivity index (χ3v) is 5.03. The van der Waals surface area contributed by atoms with E-state index in [0.717, 1.165) is 11.0 Å². The topological polar surface area (TPSA) is 140 Å². The van der Waals surface area contributed by atoms with Crippen LogP contribution < -0.4 is 5.73 Å². The van der Waals surface area contributed by atoms with E-state index in [0.29, 0.717) is 22.3 Å². The highest BCUT2D eigenvalue weighted by molar-refractivity contribution is 6.03. The second kappa shape index (κ2) is 11.8. The van der Waals surface area contributed by atoms with Crippen LogP contribution in [0.25, 0.3) is 11.0 Å². The Bertz CT molecular complexity index is 1360. The van der Waals surface area contributed by atoms with Crippen LogP contribution in [0.3, 0.4) is 0 Å². The van der Waals surface area contributed by atoms with E-state index in [-0.39, 0.29) is 5.91 Å². The van der Waals surface area contributed by atoms with Crippen LogP contribution in [-0.4, -0.2) is 38.5 Å². The lowest BCUT2D eigenvalue weighted by molar-refractivity contribution is 0.0686. The number of carbonyl (C=O) groups is 4. The molecule has 5 rings (SSSR count). The quantitative estimate of drug-likeness (QED) is 0.341. The zero-order chi connectivity index (χ0) is 26.1. The van der Waals surface area contributed by atoms with Gasteiger partial charge in [0.2, 0.25) is 5.91 Å². The number of hydrogen-bond acceptors (Lipinski definition) is 4. The molecule has 4 N–H and O–H groups in total. The van der Waals surface area contributed by atoms with Gasteiger partial charge in [0.1, 0.15) is 0 Å². The zero-order valence-corrected chi connectivity index (χ0v) is 18.9. The van der Waals surface area contributed by atoms with E-state index in [1.54, 1.807) is 89.5 Å². The molecule has 1 amide bonds. The van der Waals surface area contributed by atoms with E-state index in [1.165, 1.54) is 0 Å². The van der Waals surface area contributed by atoms with Crippen molar-refractivity contribution >= 4 is 34.8 Å². The van der Waals surface area contributed by atoms with E-state index in [1.807, 2.05) is 24.3 Å². The number of amides is 1. The van der Waals surface area contributed by atoms with Crippen LogP contribution in [0.5, 0.6) is 0 Å². The molecule has 0 aliphatic rings. The highest BCUT2D eigenvalue weighted by atomic mass is 16.4. The van der Waals surface area contributed by atoms with Crippen molar-refractivity contribution in [3.05, 3.63) is 131 Å². The fourth-order valence-corrected chi connectivity index (χ4v) is 3.20. The standard InChI is InChI=1S/C14H10N2O2.2C7H6O2/c15-13(17)9-1-3-10(4-2-9)14(18)16-11-5-6-12(16)8-7-11;2*8-7(9)6-4-2-1-3-5-6/h1-8H,(H2,15,17);2*1-5H,(H,8,9). The van der Waals surface area contributed by atoms with Crippen LogP contribution in [0.15, 0.2) is 109 Å². The van der Waals surface area contributed by atoms with Gasteiger partial charge in [-0.05, 0) is 72.8 Å². The van der Waals surface area contributed by atoms with Crippen LogP contribution in [0.1, 0.15) is 41.4 Å². The summed E-state index contributed by atoms with van der Waals surface area (Å²) in [5.41, 5.74) is 8.48. The Morgan fingerprint density at radius 3 is 1.17 bits per heavy atom. The fourth-order valence-electron chi connectivity index (χ4n) is 3.20. The van der Waals surface area contributed by atoms with Gasteiger partial charge in [0, 0.05) is 22.2 Å². The summed E-state index contributed by atoms with van der Waals surface area (Å²) >= 11 is 0. The molecule has 0 saturated heterocycles. The Kier molecular flexibility index (Phi) is 8.29. The molecule has 0 spiro atoms. The average molecular weight is 482 g/mol. The molecule has 3 aromatic carbocycles. The van der Waals surface area contributed by atoms with Gasteiger partial charge in [-0.15, -0.1) is 0 Å². The Morgan fingerprint density at radius 1 is 0.500 bits per heavy atom. The maximum Gasteiger partial charge on any atom is 0.335 e. The largest absolute Gasteiger partial charge is 0.478 e. The predicted octanol–water partition coefficient (Wildman–Crippen LogP) is 4.64. The average Bonchev–Trinajstić information content (AvgIpc) is 3.51. The normalized spacial score (nSPS) is 9.89. The van der Waals surface area contributed by atoms with Gasteiger partial charge < -0.3 is 15.9 Å².